The highest BCUT2D eigenvalue weighted by atomic mass is 16.5. The first-order valence-corrected chi connectivity index (χ1v) is 7.26. The van der Waals surface area contributed by atoms with E-state index in [1.54, 1.807) is 19.9 Å². The lowest BCUT2D eigenvalue weighted by molar-refractivity contribution is 0.0578. The van der Waals surface area contributed by atoms with E-state index >= 15 is 0 Å². The van der Waals surface area contributed by atoms with Gasteiger partial charge in [-0.1, -0.05) is 12.2 Å². The first-order valence-electron chi connectivity index (χ1n) is 7.26. The molecule has 1 aromatic rings. The number of nitrogens with one attached hydrogen (secondary N) is 2. The molecule has 124 valence electrons. The fraction of sp³-hybridized carbons (Fsp3) is 0.562. The molecule has 6 heteroatoms. The molecule has 0 saturated heterocycles. The van der Waals surface area contributed by atoms with E-state index in [1.165, 1.54) is 0 Å². The smallest absolute Gasteiger partial charge is 0.314 e. The minimum atomic E-state index is -1.18. The third-order valence-electron chi connectivity index (χ3n) is 3.09. The van der Waals surface area contributed by atoms with E-state index < -0.39 is 5.60 Å². The van der Waals surface area contributed by atoms with Gasteiger partial charge in [-0.05, 0) is 33.8 Å². The second-order valence-corrected chi connectivity index (χ2v) is 5.72. The van der Waals surface area contributed by atoms with E-state index in [9.17, 15) is 9.90 Å². The van der Waals surface area contributed by atoms with Gasteiger partial charge in [-0.15, -0.1) is 0 Å². The summed E-state index contributed by atoms with van der Waals surface area (Å²) in [6, 6.07) is 1.43. The Morgan fingerprint density at radius 3 is 2.68 bits per heavy atom. The summed E-state index contributed by atoms with van der Waals surface area (Å²) in [5.41, 5.74) is 0.427. The summed E-state index contributed by atoms with van der Waals surface area (Å²) in [4.78, 5) is 11.7. The molecule has 2 amide bonds. The van der Waals surface area contributed by atoms with E-state index in [1.807, 2.05) is 13.8 Å². The average Bonchev–Trinajstić information content (AvgIpc) is 2.75. The molecule has 0 fully saturated rings. The molecular formula is C16H26N2O4. The van der Waals surface area contributed by atoms with Gasteiger partial charge in [0.1, 0.15) is 17.1 Å². The maximum atomic E-state index is 11.7. The Balaban J connectivity index is 2.33. The third kappa shape index (κ3) is 5.91. The molecule has 0 saturated carbocycles. The fourth-order valence-corrected chi connectivity index (χ4v) is 2.06. The van der Waals surface area contributed by atoms with E-state index in [4.69, 9.17) is 9.15 Å². The lowest BCUT2D eigenvalue weighted by Gasteiger charge is -2.23. The normalized spacial score (nSPS) is 13.5. The molecule has 0 aliphatic carbocycles. The molecule has 1 unspecified atom stereocenters. The quantitative estimate of drug-likeness (QED) is 0.506. The highest BCUT2D eigenvalue weighted by Crippen LogP contribution is 2.26. The summed E-state index contributed by atoms with van der Waals surface area (Å²) in [7, 11) is 0. The van der Waals surface area contributed by atoms with Crippen molar-refractivity contribution in [1.82, 2.24) is 10.6 Å². The van der Waals surface area contributed by atoms with Gasteiger partial charge in [0, 0.05) is 12.1 Å². The molecule has 0 spiro atoms. The van der Waals surface area contributed by atoms with Crippen molar-refractivity contribution in [2.75, 3.05) is 26.3 Å². The summed E-state index contributed by atoms with van der Waals surface area (Å²) >= 11 is 0. The van der Waals surface area contributed by atoms with Crippen LogP contribution in [0.15, 0.2) is 22.6 Å². The fourth-order valence-electron chi connectivity index (χ4n) is 2.06. The van der Waals surface area contributed by atoms with Gasteiger partial charge in [-0.25, -0.2) is 4.79 Å². The van der Waals surface area contributed by atoms with E-state index in [2.05, 4.69) is 17.2 Å². The van der Waals surface area contributed by atoms with Crippen molar-refractivity contribution in [3.63, 3.8) is 0 Å². The Morgan fingerprint density at radius 2 is 2.14 bits per heavy atom. The Labute approximate surface area is 131 Å². The number of amides is 2. The molecule has 0 bridgehead atoms. The maximum Gasteiger partial charge on any atom is 0.314 e. The highest BCUT2D eigenvalue weighted by molar-refractivity contribution is 5.73. The number of hydrogen-bond acceptors (Lipinski definition) is 4. The molecule has 0 aliphatic heterocycles. The van der Waals surface area contributed by atoms with Crippen LogP contribution in [0, 0.1) is 13.8 Å². The molecule has 1 atom stereocenters. The van der Waals surface area contributed by atoms with Gasteiger partial charge in [0.25, 0.3) is 0 Å². The first kappa shape index (κ1) is 18.3. The Hall–Kier alpha value is -1.79. The Bertz CT molecular complexity index is 520. The number of rotatable bonds is 8. The minimum absolute atomic E-state index is 0.0886. The second kappa shape index (κ2) is 8.00. The van der Waals surface area contributed by atoms with Crippen LogP contribution < -0.4 is 10.6 Å². The van der Waals surface area contributed by atoms with Crippen molar-refractivity contribution in [3.05, 3.63) is 35.3 Å². The molecule has 1 aromatic heterocycles. The number of urea groups is 1. The predicted molar refractivity (Wildman–Crippen MR) is 84.8 cm³/mol. The van der Waals surface area contributed by atoms with Crippen LogP contribution in [0.4, 0.5) is 4.79 Å². The van der Waals surface area contributed by atoms with E-state index in [-0.39, 0.29) is 12.6 Å². The molecule has 1 heterocycles. The van der Waals surface area contributed by atoms with Gasteiger partial charge in [0.15, 0.2) is 0 Å². The summed E-state index contributed by atoms with van der Waals surface area (Å²) in [6.45, 7) is 12.2. The van der Waals surface area contributed by atoms with Crippen LogP contribution >= 0.6 is 0 Å². The number of carbonyl (C=O) groups is 1. The highest BCUT2D eigenvalue weighted by Gasteiger charge is 2.28. The largest absolute Gasteiger partial charge is 0.466 e. The first-order chi connectivity index (χ1) is 10.2. The molecule has 6 nitrogen and oxygen atoms in total. The lowest BCUT2D eigenvalue weighted by atomic mass is 9.96. The summed E-state index contributed by atoms with van der Waals surface area (Å²) < 4.78 is 10.7. The number of hydrogen-bond donors (Lipinski definition) is 3. The number of furan rings is 1. The van der Waals surface area contributed by atoms with Crippen LogP contribution in [0.5, 0.6) is 0 Å². The van der Waals surface area contributed by atoms with Crippen LogP contribution in [-0.2, 0) is 10.3 Å². The van der Waals surface area contributed by atoms with Gasteiger partial charge < -0.3 is 24.9 Å². The number of aryl methyl sites for hydroxylation is 2. The molecule has 22 heavy (non-hydrogen) atoms. The Morgan fingerprint density at radius 1 is 1.45 bits per heavy atom. The summed E-state index contributed by atoms with van der Waals surface area (Å²) in [5, 5.41) is 15.8. The predicted octanol–water partition coefficient (Wildman–Crippen LogP) is 2.00. The zero-order chi connectivity index (χ0) is 16.8. The van der Waals surface area contributed by atoms with Crippen molar-refractivity contribution in [3.8, 4) is 0 Å². The van der Waals surface area contributed by atoms with Crippen LogP contribution in [0.1, 0.15) is 30.9 Å². The van der Waals surface area contributed by atoms with Crippen molar-refractivity contribution < 1.29 is 19.1 Å². The average molecular weight is 310 g/mol. The van der Waals surface area contributed by atoms with Crippen molar-refractivity contribution >= 4 is 6.03 Å². The standard InChI is InChI=1S/C16H26N2O4/c1-11(2)9-21-7-6-17-15(19)18-10-16(5,20)14-8-12(3)22-13(14)4/h8,20H,1,6-7,9-10H2,2-5H3,(H2,17,18,19). The van der Waals surface area contributed by atoms with Gasteiger partial charge in [0.05, 0.1) is 19.8 Å². The Kier molecular flexibility index (Phi) is 6.64. The molecule has 3 N–H and O–H groups in total. The maximum absolute atomic E-state index is 11.7. The van der Waals surface area contributed by atoms with E-state index in [0.29, 0.717) is 31.1 Å². The number of aliphatic hydroxyl groups is 1. The number of ether oxygens (including phenoxy) is 1. The second-order valence-electron chi connectivity index (χ2n) is 5.72. The molecule has 0 aromatic carbocycles. The zero-order valence-electron chi connectivity index (χ0n) is 13.8. The summed E-state index contributed by atoms with van der Waals surface area (Å²) in [6.07, 6.45) is 0. The monoisotopic (exact) mass is 310 g/mol. The number of carbonyl (C=O) groups excluding carboxylic acids is 1. The topological polar surface area (TPSA) is 83.7 Å². The molecule has 1 rings (SSSR count). The van der Waals surface area contributed by atoms with Gasteiger partial charge >= 0.3 is 6.03 Å². The van der Waals surface area contributed by atoms with Crippen molar-refractivity contribution in [1.29, 1.82) is 0 Å². The van der Waals surface area contributed by atoms with Gasteiger partial charge in [0.2, 0.25) is 0 Å². The van der Waals surface area contributed by atoms with Crippen LogP contribution in [0.3, 0.4) is 0 Å². The molecule has 0 radical (unpaired) electrons. The molecular weight excluding hydrogens is 284 g/mol. The summed E-state index contributed by atoms with van der Waals surface area (Å²) in [5.74, 6) is 1.38. The SMILES string of the molecule is C=C(C)COCCNC(=O)NCC(C)(O)c1cc(C)oc1C. The molecule has 0 aliphatic rings. The van der Waals surface area contributed by atoms with Gasteiger partial charge in [-0.2, -0.15) is 0 Å². The van der Waals surface area contributed by atoms with Crippen LogP contribution in [-0.4, -0.2) is 37.4 Å². The van der Waals surface area contributed by atoms with Gasteiger partial charge in [-0.3, -0.25) is 0 Å². The lowest BCUT2D eigenvalue weighted by Crippen LogP contribution is -2.44. The van der Waals surface area contributed by atoms with Crippen molar-refractivity contribution in [2.45, 2.75) is 33.3 Å². The third-order valence-corrected chi connectivity index (χ3v) is 3.09. The van der Waals surface area contributed by atoms with Crippen LogP contribution in [0.25, 0.3) is 0 Å². The minimum Gasteiger partial charge on any atom is -0.466 e. The van der Waals surface area contributed by atoms with Crippen LogP contribution in [0.2, 0.25) is 0 Å². The van der Waals surface area contributed by atoms with Crippen molar-refractivity contribution in [2.24, 2.45) is 0 Å². The van der Waals surface area contributed by atoms with E-state index in [0.717, 1.165) is 11.3 Å². The zero-order valence-corrected chi connectivity index (χ0v) is 13.8.